The zero-order chi connectivity index (χ0) is 17.7. The highest BCUT2D eigenvalue weighted by atomic mass is 16.5. The number of ether oxygens (including phenoxy) is 1. The highest BCUT2D eigenvalue weighted by Crippen LogP contribution is 2.28. The summed E-state index contributed by atoms with van der Waals surface area (Å²) in [7, 11) is 1.54. The van der Waals surface area contributed by atoms with Crippen LogP contribution in [0.4, 0.5) is 11.4 Å². The molecule has 0 radical (unpaired) electrons. The van der Waals surface area contributed by atoms with E-state index >= 15 is 0 Å². The molecular weight excluding hydrogens is 308 g/mol. The molecule has 1 unspecified atom stereocenters. The second kappa shape index (κ2) is 7.63. The SMILES string of the molecule is CCC(=O)Nc1ccc(OC)cc1NC(=O)C(C)n1cc(C)cn1. The molecule has 0 aliphatic heterocycles. The van der Waals surface area contributed by atoms with Crippen LogP contribution in [-0.2, 0) is 9.59 Å². The summed E-state index contributed by atoms with van der Waals surface area (Å²) in [6.45, 7) is 5.43. The molecule has 0 saturated carbocycles. The van der Waals surface area contributed by atoms with Crippen molar-refractivity contribution in [2.24, 2.45) is 0 Å². The van der Waals surface area contributed by atoms with Gasteiger partial charge >= 0.3 is 0 Å². The van der Waals surface area contributed by atoms with E-state index in [4.69, 9.17) is 4.74 Å². The Hall–Kier alpha value is -2.83. The summed E-state index contributed by atoms with van der Waals surface area (Å²) < 4.78 is 6.78. The Balaban J connectivity index is 2.22. The van der Waals surface area contributed by atoms with Crippen molar-refractivity contribution in [2.75, 3.05) is 17.7 Å². The van der Waals surface area contributed by atoms with Gasteiger partial charge < -0.3 is 15.4 Å². The minimum absolute atomic E-state index is 0.133. The number of amides is 2. The molecule has 7 heteroatoms. The summed E-state index contributed by atoms with van der Waals surface area (Å²) in [6.07, 6.45) is 3.85. The number of methoxy groups -OCH3 is 1. The average molecular weight is 330 g/mol. The predicted molar refractivity (Wildman–Crippen MR) is 92.2 cm³/mol. The van der Waals surface area contributed by atoms with Crippen LogP contribution in [0.25, 0.3) is 0 Å². The lowest BCUT2D eigenvalue weighted by atomic mass is 10.2. The van der Waals surface area contributed by atoms with Crippen LogP contribution < -0.4 is 15.4 Å². The highest BCUT2D eigenvalue weighted by molar-refractivity contribution is 6.00. The van der Waals surface area contributed by atoms with Gasteiger partial charge in [0.1, 0.15) is 11.8 Å². The van der Waals surface area contributed by atoms with Crippen LogP contribution in [0.3, 0.4) is 0 Å². The van der Waals surface area contributed by atoms with E-state index in [1.807, 2.05) is 6.92 Å². The number of benzene rings is 1. The van der Waals surface area contributed by atoms with Gasteiger partial charge in [0.2, 0.25) is 11.8 Å². The molecule has 2 rings (SSSR count). The number of hydrogen-bond donors (Lipinski definition) is 2. The number of aromatic nitrogens is 2. The average Bonchev–Trinajstić information content (AvgIpc) is 3.01. The van der Waals surface area contributed by atoms with Gasteiger partial charge in [0, 0.05) is 18.7 Å². The van der Waals surface area contributed by atoms with Crippen molar-refractivity contribution in [1.82, 2.24) is 9.78 Å². The monoisotopic (exact) mass is 330 g/mol. The maximum atomic E-state index is 12.5. The molecule has 1 heterocycles. The third-order valence-electron chi connectivity index (χ3n) is 3.59. The largest absolute Gasteiger partial charge is 0.497 e. The van der Waals surface area contributed by atoms with Crippen molar-refractivity contribution < 1.29 is 14.3 Å². The fourth-order valence-electron chi connectivity index (χ4n) is 2.10. The Kier molecular flexibility index (Phi) is 5.57. The minimum Gasteiger partial charge on any atom is -0.497 e. The molecule has 24 heavy (non-hydrogen) atoms. The van der Waals surface area contributed by atoms with Gasteiger partial charge in [0.15, 0.2) is 0 Å². The quantitative estimate of drug-likeness (QED) is 0.853. The first kappa shape index (κ1) is 17.5. The number of aryl methyl sites for hydroxylation is 1. The summed E-state index contributed by atoms with van der Waals surface area (Å²) in [4.78, 5) is 24.2. The number of nitrogens with one attached hydrogen (secondary N) is 2. The van der Waals surface area contributed by atoms with Crippen LogP contribution in [0.5, 0.6) is 5.75 Å². The molecule has 2 N–H and O–H groups in total. The van der Waals surface area contributed by atoms with Gasteiger partial charge in [-0.25, -0.2) is 0 Å². The molecule has 1 atom stereocenters. The zero-order valence-electron chi connectivity index (χ0n) is 14.3. The van der Waals surface area contributed by atoms with Gasteiger partial charge in [0.05, 0.1) is 24.7 Å². The normalized spacial score (nSPS) is 11.7. The molecule has 7 nitrogen and oxygen atoms in total. The van der Waals surface area contributed by atoms with Crippen LogP contribution in [0, 0.1) is 6.92 Å². The molecule has 2 amide bonds. The fraction of sp³-hybridized carbons (Fsp3) is 0.353. The molecule has 0 spiro atoms. The Morgan fingerprint density at radius 3 is 2.62 bits per heavy atom. The van der Waals surface area contributed by atoms with E-state index in [0.717, 1.165) is 5.56 Å². The molecule has 0 aliphatic rings. The van der Waals surface area contributed by atoms with Crippen LogP contribution in [0.1, 0.15) is 31.9 Å². The van der Waals surface area contributed by atoms with Gasteiger partial charge in [-0.2, -0.15) is 5.10 Å². The number of carbonyl (C=O) groups is 2. The standard InChI is InChI=1S/C17H22N4O3/c1-5-16(22)19-14-7-6-13(24-4)8-15(14)20-17(23)12(3)21-10-11(2)9-18-21/h6-10,12H,5H2,1-4H3,(H,19,22)(H,20,23). The number of rotatable bonds is 6. The van der Waals surface area contributed by atoms with E-state index in [2.05, 4.69) is 15.7 Å². The first-order valence-corrected chi connectivity index (χ1v) is 7.74. The summed E-state index contributed by atoms with van der Waals surface area (Å²) >= 11 is 0. The topological polar surface area (TPSA) is 85.3 Å². The molecule has 1 aromatic carbocycles. The molecule has 0 fully saturated rings. The number of anilines is 2. The van der Waals surface area contributed by atoms with Crippen molar-refractivity contribution in [3.05, 3.63) is 36.2 Å². The number of carbonyl (C=O) groups excluding carboxylic acids is 2. The van der Waals surface area contributed by atoms with E-state index in [-0.39, 0.29) is 11.8 Å². The Morgan fingerprint density at radius 1 is 1.29 bits per heavy atom. The van der Waals surface area contributed by atoms with Gasteiger partial charge in [-0.05, 0) is 31.5 Å². The van der Waals surface area contributed by atoms with E-state index in [1.54, 1.807) is 56.2 Å². The second-order valence-electron chi connectivity index (χ2n) is 5.48. The summed E-state index contributed by atoms with van der Waals surface area (Å²) in [5.74, 6) is 0.215. The maximum absolute atomic E-state index is 12.5. The molecule has 128 valence electrons. The number of nitrogens with zero attached hydrogens (tertiary/aromatic N) is 2. The fourth-order valence-corrected chi connectivity index (χ4v) is 2.10. The highest BCUT2D eigenvalue weighted by Gasteiger charge is 2.18. The van der Waals surface area contributed by atoms with E-state index in [0.29, 0.717) is 23.5 Å². The third kappa shape index (κ3) is 4.13. The van der Waals surface area contributed by atoms with Crippen molar-refractivity contribution in [1.29, 1.82) is 0 Å². The van der Waals surface area contributed by atoms with Crippen LogP contribution in [0.2, 0.25) is 0 Å². The van der Waals surface area contributed by atoms with E-state index in [9.17, 15) is 9.59 Å². The van der Waals surface area contributed by atoms with Gasteiger partial charge in [-0.3, -0.25) is 14.3 Å². The van der Waals surface area contributed by atoms with Crippen molar-refractivity contribution in [3.8, 4) is 5.75 Å². The lowest BCUT2D eigenvalue weighted by molar-refractivity contribution is -0.119. The molecule has 0 bridgehead atoms. The molecule has 1 aromatic heterocycles. The smallest absolute Gasteiger partial charge is 0.249 e. The minimum atomic E-state index is -0.486. The molecular formula is C17H22N4O3. The van der Waals surface area contributed by atoms with Crippen LogP contribution in [-0.4, -0.2) is 28.7 Å². The second-order valence-corrected chi connectivity index (χ2v) is 5.48. The predicted octanol–water partition coefficient (Wildman–Crippen LogP) is 2.75. The Morgan fingerprint density at radius 2 is 2.04 bits per heavy atom. The maximum Gasteiger partial charge on any atom is 0.249 e. The lowest BCUT2D eigenvalue weighted by Crippen LogP contribution is -2.25. The van der Waals surface area contributed by atoms with Gasteiger partial charge in [0.25, 0.3) is 0 Å². The van der Waals surface area contributed by atoms with Crippen molar-refractivity contribution in [3.63, 3.8) is 0 Å². The number of hydrogen-bond acceptors (Lipinski definition) is 4. The van der Waals surface area contributed by atoms with Gasteiger partial charge in [-0.15, -0.1) is 0 Å². The first-order valence-electron chi connectivity index (χ1n) is 7.74. The van der Waals surface area contributed by atoms with E-state index in [1.165, 1.54) is 0 Å². The van der Waals surface area contributed by atoms with E-state index < -0.39 is 6.04 Å². The zero-order valence-corrected chi connectivity index (χ0v) is 14.3. The van der Waals surface area contributed by atoms with Crippen molar-refractivity contribution in [2.45, 2.75) is 33.2 Å². The molecule has 2 aromatic rings. The molecule has 0 aliphatic carbocycles. The van der Waals surface area contributed by atoms with Crippen LogP contribution in [0.15, 0.2) is 30.6 Å². The van der Waals surface area contributed by atoms with Gasteiger partial charge in [-0.1, -0.05) is 6.92 Å². The lowest BCUT2D eigenvalue weighted by Gasteiger charge is -2.16. The van der Waals surface area contributed by atoms with Crippen LogP contribution >= 0.6 is 0 Å². The summed E-state index contributed by atoms with van der Waals surface area (Å²) in [5, 5.41) is 9.75. The summed E-state index contributed by atoms with van der Waals surface area (Å²) in [6, 6.07) is 4.61. The molecule has 0 saturated heterocycles. The Bertz CT molecular complexity index is 739. The first-order chi connectivity index (χ1) is 11.4. The Labute approximate surface area is 141 Å². The summed E-state index contributed by atoms with van der Waals surface area (Å²) in [5.41, 5.74) is 1.99. The van der Waals surface area contributed by atoms with Crippen molar-refractivity contribution >= 4 is 23.2 Å². The third-order valence-corrected chi connectivity index (χ3v) is 3.59.